The number of anilines is 1. The first-order valence-corrected chi connectivity index (χ1v) is 6.81. The Balaban J connectivity index is 1.94. The van der Waals surface area contributed by atoms with E-state index in [1.54, 1.807) is 0 Å². The predicted octanol–water partition coefficient (Wildman–Crippen LogP) is 3.21. The van der Waals surface area contributed by atoms with E-state index in [2.05, 4.69) is 36.2 Å². The van der Waals surface area contributed by atoms with Crippen LogP contribution in [0.2, 0.25) is 0 Å². The van der Waals surface area contributed by atoms with Gasteiger partial charge in [0.05, 0.1) is 0 Å². The number of nitrogen functional groups attached to an aromatic ring is 1. The second-order valence-corrected chi connectivity index (χ2v) is 5.29. The van der Waals surface area contributed by atoms with Crippen molar-refractivity contribution in [1.29, 1.82) is 0 Å². The summed E-state index contributed by atoms with van der Waals surface area (Å²) in [6.07, 6.45) is 1.14. The van der Waals surface area contributed by atoms with Gasteiger partial charge in [0.2, 0.25) is 5.13 Å². The molecule has 2 N–H and O–H groups in total. The lowest BCUT2D eigenvalue weighted by Crippen LogP contribution is -1.96. The van der Waals surface area contributed by atoms with Crippen molar-refractivity contribution in [2.75, 3.05) is 5.73 Å². The maximum atomic E-state index is 5.63. The highest BCUT2D eigenvalue weighted by atomic mass is 32.1. The number of aromatic nitrogens is 2. The Morgan fingerprint density at radius 1 is 1.28 bits per heavy atom. The molecule has 4 nitrogen and oxygen atoms in total. The molecule has 1 aromatic heterocycles. The third-order valence-corrected chi connectivity index (χ3v) is 3.63. The van der Waals surface area contributed by atoms with E-state index in [0.717, 1.165) is 17.2 Å². The molecule has 18 heavy (non-hydrogen) atoms. The molecule has 0 bridgehead atoms. The molecule has 5 heteroatoms. The highest BCUT2D eigenvalue weighted by Crippen LogP contribution is 2.22. The summed E-state index contributed by atoms with van der Waals surface area (Å²) in [5.74, 6) is 1.43. The fraction of sp³-hybridized carbons (Fsp3) is 0.385. The lowest BCUT2D eigenvalue weighted by molar-refractivity contribution is 0.304. The molecular weight excluding hydrogens is 246 g/mol. The van der Waals surface area contributed by atoms with Gasteiger partial charge in [0.25, 0.3) is 0 Å². The lowest BCUT2D eigenvalue weighted by Gasteiger charge is -2.10. The topological polar surface area (TPSA) is 61.0 Å². The smallest absolute Gasteiger partial charge is 0.203 e. The summed E-state index contributed by atoms with van der Waals surface area (Å²) in [5, 5.41) is 8.92. The van der Waals surface area contributed by atoms with E-state index >= 15 is 0 Å². The monoisotopic (exact) mass is 263 g/mol. The van der Waals surface area contributed by atoms with Crippen LogP contribution in [0.25, 0.3) is 0 Å². The van der Waals surface area contributed by atoms with Gasteiger partial charge in [-0.05, 0) is 30.0 Å². The fourth-order valence-corrected chi connectivity index (χ4v) is 2.12. The largest absolute Gasteiger partial charge is 0.486 e. The van der Waals surface area contributed by atoms with Crippen LogP contribution < -0.4 is 10.5 Å². The number of nitrogens with two attached hydrogens (primary N) is 1. The second kappa shape index (κ2) is 5.82. The van der Waals surface area contributed by atoms with E-state index in [1.165, 1.54) is 16.9 Å². The molecule has 0 aliphatic carbocycles. The summed E-state index contributed by atoms with van der Waals surface area (Å²) in [7, 11) is 0. The predicted molar refractivity (Wildman–Crippen MR) is 73.8 cm³/mol. The molecule has 0 spiro atoms. The van der Waals surface area contributed by atoms with Gasteiger partial charge in [-0.2, -0.15) is 0 Å². The Hall–Kier alpha value is -1.62. The van der Waals surface area contributed by atoms with Gasteiger partial charge in [0, 0.05) is 0 Å². The molecule has 1 aromatic carbocycles. The molecule has 2 rings (SSSR count). The van der Waals surface area contributed by atoms with E-state index < -0.39 is 0 Å². The van der Waals surface area contributed by atoms with Crippen molar-refractivity contribution < 1.29 is 4.74 Å². The molecule has 0 aliphatic rings. The highest BCUT2D eigenvalue weighted by molar-refractivity contribution is 7.15. The van der Waals surface area contributed by atoms with E-state index in [9.17, 15) is 0 Å². The molecule has 0 amide bonds. The summed E-state index contributed by atoms with van der Waals surface area (Å²) in [4.78, 5) is 0. The molecule has 1 heterocycles. The van der Waals surface area contributed by atoms with Crippen LogP contribution in [0.5, 0.6) is 5.75 Å². The molecule has 1 unspecified atom stereocenters. The van der Waals surface area contributed by atoms with Gasteiger partial charge in [-0.15, -0.1) is 10.2 Å². The van der Waals surface area contributed by atoms with Gasteiger partial charge in [-0.25, -0.2) is 0 Å². The Labute approximate surface area is 111 Å². The van der Waals surface area contributed by atoms with Crippen molar-refractivity contribution in [1.82, 2.24) is 10.2 Å². The fourth-order valence-electron chi connectivity index (χ4n) is 1.60. The van der Waals surface area contributed by atoms with Crippen molar-refractivity contribution in [2.24, 2.45) is 0 Å². The van der Waals surface area contributed by atoms with E-state index in [0.29, 0.717) is 17.7 Å². The zero-order valence-electron chi connectivity index (χ0n) is 10.6. The van der Waals surface area contributed by atoms with Crippen LogP contribution in [0, 0.1) is 0 Å². The normalized spacial score (nSPS) is 12.3. The summed E-state index contributed by atoms with van der Waals surface area (Å²) >= 11 is 1.35. The van der Waals surface area contributed by atoms with Crippen molar-refractivity contribution in [3.05, 3.63) is 34.8 Å². The average Bonchev–Trinajstić information content (AvgIpc) is 2.82. The van der Waals surface area contributed by atoms with Crippen LogP contribution in [0.3, 0.4) is 0 Å². The van der Waals surface area contributed by atoms with Crippen molar-refractivity contribution in [3.8, 4) is 5.75 Å². The van der Waals surface area contributed by atoms with Crippen LogP contribution in [0.1, 0.15) is 36.8 Å². The maximum absolute atomic E-state index is 5.63. The molecule has 0 fully saturated rings. The minimum atomic E-state index is 0.414. The van der Waals surface area contributed by atoms with Crippen LogP contribution in [0.4, 0.5) is 5.13 Å². The van der Waals surface area contributed by atoms with Crippen LogP contribution in [-0.2, 0) is 6.61 Å². The Bertz CT molecular complexity index is 495. The van der Waals surface area contributed by atoms with Gasteiger partial charge >= 0.3 is 0 Å². The van der Waals surface area contributed by atoms with Crippen molar-refractivity contribution >= 4 is 16.5 Å². The van der Waals surface area contributed by atoms with Gasteiger partial charge in [0.1, 0.15) is 12.4 Å². The average molecular weight is 263 g/mol. The summed E-state index contributed by atoms with van der Waals surface area (Å²) in [5.41, 5.74) is 6.84. The Morgan fingerprint density at radius 3 is 2.56 bits per heavy atom. The molecule has 1 atom stereocenters. The van der Waals surface area contributed by atoms with Gasteiger partial charge in [-0.3, -0.25) is 0 Å². The summed E-state index contributed by atoms with van der Waals surface area (Å²) in [6, 6.07) is 8.20. The molecule has 0 radical (unpaired) electrons. The van der Waals surface area contributed by atoms with Crippen LogP contribution in [0.15, 0.2) is 24.3 Å². The third-order valence-electron chi connectivity index (χ3n) is 2.91. The van der Waals surface area contributed by atoms with Crippen LogP contribution >= 0.6 is 11.3 Å². The summed E-state index contributed by atoms with van der Waals surface area (Å²) < 4.78 is 5.63. The Morgan fingerprint density at radius 2 is 2.00 bits per heavy atom. The number of hydrogen-bond acceptors (Lipinski definition) is 5. The quantitative estimate of drug-likeness (QED) is 0.899. The molecule has 96 valence electrons. The van der Waals surface area contributed by atoms with Crippen LogP contribution in [-0.4, -0.2) is 10.2 Å². The van der Waals surface area contributed by atoms with E-state index in [1.807, 2.05) is 12.1 Å². The number of nitrogens with zero attached hydrogens (tertiary/aromatic N) is 2. The first-order valence-electron chi connectivity index (χ1n) is 5.99. The molecular formula is C13H17N3OS. The Kier molecular flexibility index (Phi) is 4.15. The SMILES string of the molecule is CCC(C)c1ccc(OCc2nnc(N)s2)cc1. The maximum Gasteiger partial charge on any atom is 0.203 e. The molecule has 0 saturated carbocycles. The van der Waals surface area contributed by atoms with Crippen molar-refractivity contribution in [3.63, 3.8) is 0 Å². The first kappa shape index (κ1) is 12.8. The number of ether oxygens (including phenoxy) is 1. The molecule has 0 saturated heterocycles. The summed E-state index contributed by atoms with van der Waals surface area (Å²) in [6.45, 7) is 4.83. The lowest BCUT2D eigenvalue weighted by atomic mass is 9.99. The number of rotatable bonds is 5. The third kappa shape index (κ3) is 3.20. The second-order valence-electron chi connectivity index (χ2n) is 4.20. The van der Waals surface area contributed by atoms with Gasteiger partial charge in [0.15, 0.2) is 5.01 Å². The zero-order chi connectivity index (χ0) is 13.0. The van der Waals surface area contributed by atoms with E-state index in [-0.39, 0.29) is 0 Å². The van der Waals surface area contributed by atoms with E-state index in [4.69, 9.17) is 10.5 Å². The van der Waals surface area contributed by atoms with Crippen molar-refractivity contribution in [2.45, 2.75) is 32.8 Å². The zero-order valence-corrected chi connectivity index (χ0v) is 11.4. The first-order chi connectivity index (χ1) is 8.69. The molecule has 2 aromatic rings. The standard InChI is InChI=1S/C13H17N3OS/c1-3-9(2)10-4-6-11(7-5-10)17-8-12-15-16-13(14)18-12/h4-7,9H,3,8H2,1-2H3,(H2,14,16). The van der Waals surface area contributed by atoms with Gasteiger partial charge < -0.3 is 10.5 Å². The van der Waals surface area contributed by atoms with Gasteiger partial charge in [-0.1, -0.05) is 37.3 Å². The minimum Gasteiger partial charge on any atom is -0.486 e. The minimum absolute atomic E-state index is 0.414. The molecule has 0 aliphatic heterocycles. The number of benzene rings is 1. The number of hydrogen-bond donors (Lipinski definition) is 1. The highest BCUT2D eigenvalue weighted by Gasteiger charge is 2.04.